The number of thioether (sulfide) groups is 1. The van der Waals surface area contributed by atoms with Crippen molar-refractivity contribution >= 4 is 17.7 Å². The Bertz CT molecular complexity index is 279. The average Bonchev–Trinajstić information content (AvgIpc) is 3.26. The van der Waals surface area contributed by atoms with Crippen LogP contribution >= 0.6 is 11.8 Å². The highest BCUT2D eigenvalue weighted by Crippen LogP contribution is 2.28. The third kappa shape index (κ3) is 6.15. The van der Waals surface area contributed by atoms with Gasteiger partial charge in [-0.3, -0.25) is 4.79 Å². The topological polar surface area (TPSA) is 41.6 Å². The van der Waals surface area contributed by atoms with Crippen LogP contribution in [0.5, 0.6) is 0 Å². The van der Waals surface area contributed by atoms with Crippen molar-refractivity contribution in [3.05, 3.63) is 0 Å². The van der Waals surface area contributed by atoms with E-state index in [1.165, 1.54) is 25.7 Å². The molecular formula is C14H26N2O2S. The van der Waals surface area contributed by atoms with Crippen molar-refractivity contribution < 1.29 is 9.53 Å². The lowest BCUT2D eigenvalue weighted by atomic mass is 10.2. The first-order valence-corrected chi connectivity index (χ1v) is 8.44. The van der Waals surface area contributed by atoms with Crippen LogP contribution in [-0.2, 0) is 9.53 Å². The number of rotatable bonds is 8. The van der Waals surface area contributed by atoms with Crippen molar-refractivity contribution in [3.63, 3.8) is 0 Å². The molecule has 4 nitrogen and oxygen atoms in total. The molecule has 1 N–H and O–H groups in total. The van der Waals surface area contributed by atoms with Crippen LogP contribution in [0.25, 0.3) is 0 Å². The van der Waals surface area contributed by atoms with Crippen molar-refractivity contribution in [1.82, 2.24) is 10.2 Å². The molecule has 1 heterocycles. The SMILES string of the molecule is CN(CCOCC1CC1)C(=O)CSC1CCNCC1. The van der Waals surface area contributed by atoms with E-state index >= 15 is 0 Å². The van der Waals surface area contributed by atoms with Crippen molar-refractivity contribution in [2.75, 3.05) is 45.6 Å². The predicted molar refractivity (Wildman–Crippen MR) is 79.5 cm³/mol. The molecule has 5 heteroatoms. The molecule has 1 aliphatic carbocycles. The quantitative estimate of drug-likeness (QED) is 0.684. The molecule has 1 saturated heterocycles. The van der Waals surface area contributed by atoms with E-state index in [-0.39, 0.29) is 5.91 Å². The van der Waals surface area contributed by atoms with Gasteiger partial charge in [0.25, 0.3) is 0 Å². The van der Waals surface area contributed by atoms with Gasteiger partial charge < -0.3 is 15.0 Å². The van der Waals surface area contributed by atoms with Gasteiger partial charge in [-0.15, -0.1) is 11.8 Å². The number of nitrogens with one attached hydrogen (secondary N) is 1. The monoisotopic (exact) mass is 286 g/mol. The molecule has 1 saturated carbocycles. The summed E-state index contributed by atoms with van der Waals surface area (Å²) in [7, 11) is 1.88. The Kier molecular flexibility index (Phi) is 6.47. The minimum atomic E-state index is 0.235. The van der Waals surface area contributed by atoms with Crippen LogP contribution in [0.2, 0.25) is 0 Å². The van der Waals surface area contributed by atoms with Crippen LogP contribution in [0.3, 0.4) is 0 Å². The van der Waals surface area contributed by atoms with E-state index in [9.17, 15) is 4.79 Å². The molecule has 0 aromatic carbocycles. The second kappa shape index (κ2) is 8.12. The van der Waals surface area contributed by atoms with Gasteiger partial charge in [-0.2, -0.15) is 0 Å². The summed E-state index contributed by atoms with van der Waals surface area (Å²) in [5, 5.41) is 4.01. The number of hydrogen-bond acceptors (Lipinski definition) is 4. The van der Waals surface area contributed by atoms with Crippen molar-refractivity contribution in [2.45, 2.75) is 30.9 Å². The Morgan fingerprint density at radius 1 is 1.32 bits per heavy atom. The first-order chi connectivity index (χ1) is 9.25. The summed E-state index contributed by atoms with van der Waals surface area (Å²) in [6.45, 7) is 4.47. The number of likely N-dealkylation sites (N-methyl/N-ethyl adjacent to an activating group) is 1. The fourth-order valence-electron chi connectivity index (χ4n) is 2.12. The normalized spacial score (nSPS) is 20.5. The average molecular weight is 286 g/mol. The first kappa shape index (κ1) is 15.1. The van der Waals surface area contributed by atoms with E-state index < -0.39 is 0 Å². The molecule has 1 amide bonds. The van der Waals surface area contributed by atoms with Gasteiger partial charge >= 0.3 is 0 Å². The minimum Gasteiger partial charge on any atom is -0.379 e. The van der Waals surface area contributed by atoms with Gasteiger partial charge in [-0.1, -0.05) is 0 Å². The number of piperidine rings is 1. The van der Waals surface area contributed by atoms with Crippen LogP contribution in [0, 0.1) is 5.92 Å². The van der Waals surface area contributed by atoms with Gasteiger partial charge in [0, 0.05) is 25.4 Å². The zero-order valence-electron chi connectivity index (χ0n) is 11.9. The van der Waals surface area contributed by atoms with Crippen LogP contribution in [0.4, 0.5) is 0 Å². The van der Waals surface area contributed by atoms with Crippen LogP contribution < -0.4 is 5.32 Å². The molecule has 19 heavy (non-hydrogen) atoms. The third-order valence-electron chi connectivity index (χ3n) is 3.78. The number of carbonyl (C=O) groups is 1. The van der Waals surface area contributed by atoms with Crippen LogP contribution in [0.15, 0.2) is 0 Å². The van der Waals surface area contributed by atoms with Gasteiger partial charge in [-0.05, 0) is 44.7 Å². The summed E-state index contributed by atoms with van der Waals surface area (Å²) in [5.74, 6) is 1.65. The highest BCUT2D eigenvalue weighted by Gasteiger charge is 2.21. The first-order valence-electron chi connectivity index (χ1n) is 7.39. The van der Waals surface area contributed by atoms with Crippen LogP contribution in [0.1, 0.15) is 25.7 Å². The summed E-state index contributed by atoms with van der Waals surface area (Å²) in [4.78, 5) is 13.8. The Morgan fingerprint density at radius 3 is 2.74 bits per heavy atom. The summed E-state index contributed by atoms with van der Waals surface area (Å²) in [5.41, 5.74) is 0. The molecule has 0 spiro atoms. The van der Waals surface area contributed by atoms with E-state index in [1.54, 1.807) is 4.90 Å². The highest BCUT2D eigenvalue weighted by atomic mass is 32.2. The lowest BCUT2D eigenvalue weighted by molar-refractivity contribution is -0.127. The van der Waals surface area contributed by atoms with Crippen molar-refractivity contribution in [2.24, 2.45) is 5.92 Å². The number of hydrogen-bond donors (Lipinski definition) is 1. The summed E-state index contributed by atoms with van der Waals surface area (Å²) in [6.07, 6.45) is 5.02. The Balaban J connectivity index is 1.50. The maximum Gasteiger partial charge on any atom is 0.232 e. The largest absolute Gasteiger partial charge is 0.379 e. The molecule has 0 atom stereocenters. The van der Waals surface area contributed by atoms with Crippen LogP contribution in [-0.4, -0.2) is 61.7 Å². The van der Waals surface area contributed by atoms with Gasteiger partial charge in [0.2, 0.25) is 5.91 Å². The maximum atomic E-state index is 12.0. The summed E-state index contributed by atoms with van der Waals surface area (Å²) < 4.78 is 5.56. The number of amides is 1. The Hall–Kier alpha value is -0.260. The molecule has 1 aliphatic heterocycles. The Labute approximate surface area is 120 Å². The number of ether oxygens (including phenoxy) is 1. The number of carbonyl (C=O) groups excluding carboxylic acids is 1. The van der Waals surface area contributed by atoms with Gasteiger partial charge in [0.05, 0.1) is 12.4 Å². The summed E-state index contributed by atoms with van der Waals surface area (Å²) >= 11 is 1.82. The van der Waals surface area contributed by atoms with E-state index in [0.717, 1.165) is 32.2 Å². The number of nitrogens with zero attached hydrogens (tertiary/aromatic N) is 1. The van der Waals surface area contributed by atoms with Gasteiger partial charge in [0.1, 0.15) is 0 Å². The third-order valence-corrected chi connectivity index (χ3v) is 5.13. The lowest BCUT2D eigenvalue weighted by Crippen LogP contribution is -2.34. The summed E-state index contributed by atoms with van der Waals surface area (Å²) in [6, 6.07) is 0. The molecule has 2 fully saturated rings. The molecule has 0 unspecified atom stereocenters. The van der Waals surface area contributed by atoms with Crippen molar-refractivity contribution in [3.8, 4) is 0 Å². The smallest absolute Gasteiger partial charge is 0.232 e. The molecular weight excluding hydrogens is 260 g/mol. The van der Waals surface area contributed by atoms with E-state index in [0.29, 0.717) is 17.6 Å². The zero-order chi connectivity index (χ0) is 13.5. The lowest BCUT2D eigenvalue weighted by Gasteiger charge is -2.23. The van der Waals surface area contributed by atoms with E-state index in [1.807, 2.05) is 18.8 Å². The molecule has 110 valence electrons. The van der Waals surface area contributed by atoms with E-state index in [2.05, 4.69) is 5.32 Å². The van der Waals surface area contributed by atoms with E-state index in [4.69, 9.17) is 4.74 Å². The molecule has 2 rings (SSSR count). The second-order valence-electron chi connectivity index (χ2n) is 5.59. The highest BCUT2D eigenvalue weighted by molar-refractivity contribution is 8.00. The molecule has 0 bridgehead atoms. The Morgan fingerprint density at radius 2 is 2.05 bits per heavy atom. The second-order valence-corrected chi connectivity index (χ2v) is 6.88. The minimum absolute atomic E-state index is 0.235. The molecule has 0 radical (unpaired) electrons. The van der Waals surface area contributed by atoms with Gasteiger partial charge in [0.15, 0.2) is 0 Å². The molecule has 0 aromatic heterocycles. The fraction of sp³-hybridized carbons (Fsp3) is 0.929. The van der Waals surface area contributed by atoms with Gasteiger partial charge in [-0.25, -0.2) is 0 Å². The van der Waals surface area contributed by atoms with Crippen molar-refractivity contribution in [1.29, 1.82) is 0 Å². The molecule has 2 aliphatic rings. The fourth-order valence-corrected chi connectivity index (χ4v) is 3.29. The maximum absolute atomic E-state index is 12.0. The standard InChI is InChI=1S/C14H26N2O2S/c1-16(8-9-18-10-12-2-3-12)14(17)11-19-13-4-6-15-7-5-13/h12-13,15H,2-11H2,1H3. The predicted octanol–water partition coefficient (Wildman–Crippen LogP) is 1.36. The zero-order valence-corrected chi connectivity index (χ0v) is 12.7. The molecule has 0 aromatic rings.